The van der Waals surface area contributed by atoms with Crippen LogP contribution in [-0.2, 0) is 30.4 Å². The first-order chi connectivity index (χ1) is 16.3. The van der Waals surface area contributed by atoms with Gasteiger partial charge < -0.3 is 53.8 Å². The second-order valence-electron chi connectivity index (χ2n) is 6.42. The fourth-order valence-electron chi connectivity index (χ4n) is 1.85. The molecule has 14 N–H and O–H groups in total. The molecule has 1 aromatic carbocycles. The molecule has 1 heterocycles. The van der Waals surface area contributed by atoms with Gasteiger partial charge in [-0.3, -0.25) is 24.0 Å². The average Bonchev–Trinajstić information content (AvgIpc) is 3.36. The minimum Gasteiger partial charge on any atom is -0.480 e. The van der Waals surface area contributed by atoms with Gasteiger partial charge in [-0.25, -0.2) is 0 Å². The van der Waals surface area contributed by atoms with Gasteiger partial charge in [-0.2, -0.15) is 0 Å². The second-order valence-corrected chi connectivity index (χ2v) is 6.42. The molecule has 2 atom stereocenters. The maximum absolute atomic E-state index is 10.4. The molecular formula is C20H35N5O10. The smallest absolute Gasteiger partial charge is 0.320 e. The van der Waals surface area contributed by atoms with Crippen LogP contribution in [0.2, 0.25) is 0 Å². The van der Waals surface area contributed by atoms with Crippen LogP contribution < -0.4 is 28.3 Å². The second kappa shape index (κ2) is 23.5. The number of aliphatic carboxylic acids is 5. The van der Waals surface area contributed by atoms with E-state index < -0.39 is 35.9 Å². The zero-order valence-corrected chi connectivity index (χ0v) is 19.1. The summed E-state index contributed by atoms with van der Waals surface area (Å²) in [6, 6.07) is 8.28. The van der Waals surface area contributed by atoms with Gasteiger partial charge in [0.15, 0.2) is 0 Å². The van der Waals surface area contributed by atoms with Gasteiger partial charge in [-0.05, 0) is 31.4 Å². The van der Waals surface area contributed by atoms with Gasteiger partial charge in [0.1, 0.15) is 12.1 Å². The van der Waals surface area contributed by atoms with Crippen LogP contribution in [0.3, 0.4) is 0 Å². The molecule has 0 radical (unpaired) electrons. The van der Waals surface area contributed by atoms with E-state index in [1.54, 1.807) is 0 Å². The Morgan fingerprint density at radius 3 is 1.46 bits per heavy atom. The van der Waals surface area contributed by atoms with Crippen LogP contribution in [-0.4, -0.2) is 93.6 Å². The van der Waals surface area contributed by atoms with Crippen molar-refractivity contribution >= 4 is 29.8 Å². The quantitative estimate of drug-likeness (QED) is 0.184. The Kier molecular flexibility index (Phi) is 24.2. The zero-order valence-electron chi connectivity index (χ0n) is 19.1. The molecule has 0 aromatic heterocycles. The number of carbonyl (C=O) groups is 5. The number of hydrogen-bond acceptors (Lipinski definition) is 10. The normalized spacial score (nSPS) is 13.9. The molecule has 200 valence electrons. The molecule has 2 rings (SSSR count). The largest absolute Gasteiger partial charge is 0.480 e. The molecular weight excluding hydrogens is 470 g/mol. The Bertz CT molecular complexity index is 710. The fraction of sp³-hybridized carbons (Fsp3) is 0.450. The Morgan fingerprint density at radius 2 is 1.23 bits per heavy atom. The van der Waals surface area contributed by atoms with E-state index in [1.165, 1.54) is 0 Å². The summed E-state index contributed by atoms with van der Waals surface area (Å²) in [4.78, 5) is 48.2. The topological polar surface area (TPSA) is 303 Å². The van der Waals surface area contributed by atoms with E-state index >= 15 is 0 Å². The maximum Gasteiger partial charge on any atom is 0.320 e. The molecule has 35 heavy (non-hydrogen) atoms. The molecule has 1 fully saturated rings. The van der Waals surface area contributed by atoms with Crippen LogP contribution in [0.25, 0.3) is 0 Å². The molecule has 0 aliphatic carbocycles. The molecule has 1 aliphatic rings. The van der Waals surface area contributed by atoms with Crippen LogP contribution in [0.1, 0.15) is 18.4 Å². The minimum absolute atomic E-state index is 0.269. The Hall–Kier alpha value is -3.63. The molecule has 1 aromatic rings. The molecule has 0 amide bonds. The van der Waals surface area contributed by atoms with Crippen LogP contribution >= 0.6 is 0 Å². The average molecular weight is 506 g/mol. The molecule has 1 aliphatic heterocycles. The van der Waals surface area contributed by atoms with Crippen LogP contribution in [0, 0.1) is 0 Å². The summed E-state index contributed by atoms with van der Waals surface area (Å²) in [5.41, 5.74) is 20.0. The van der Waals surface area contributed by atoms with Gasteiger partial charge in [0.05, 0.1) is 19.6 Å². The molecule has 0 bridgehead atoms. The van der Waals surface area contributed by atoms with Crippen molar-refractivity contribution in [3.8, 4) is 0 Å². The van der Waals surface area contributed by atoms with E-state index in [2.05, 4.69) is 22.5 Å². The van der Waals surface area contributed by atoms with E-state index in [-0.39, 0.29) is 25.7 Å². The van der Waals surface area contributed by atoms with Crippen LogP contribution in [0.4, 0.5) is 0 Å². The Balaban J connectivity index is -0.000000390. The first-order valence-corrected chi connectivity index (χ1v) is 10.1. The third-order valence-electron chi connectivity index (χ3n) is 3.50. The molecule has 15 heteroatoms. The standard InChI is InChI=1S/C9H11NO2.C5H9NO2.3C2H5NO2/c10-8(9(11)12)6-7-4-2-1-3-5-7;7-5(8)4-2-1-3-6-4;3*3-1-2(4)5/h1-5,8H,6,10H2,(H,11,12);4,6H,1-3H2,(H,7,8);3*1,3H2,(H,4,5)/t;4-;;;/m.0.../s1. The number of carboxylic acids is 5. The van der Waals surface area contributed by atoms with Gasteiger partial charge in [-0.1, -0.05) is 30.3 Å². The molecule has 0 spiro atoms. The lowest BCUT2D eigenvalue weighted by Gasteiger charge is -2.04. The number of hydrogen-bond donors (Lipinski definition) is 10. The summed E-state index contributed by atoms with van der Waals surface area (Å²) in [7, 11) is 0. The lowest BCUT2D eigenvalue weighted by molar-refractivity contribution is -0.139. The van der Waals surface area contributed by atoms with Crippen molar-refractivity contribution in [2.45, 2.75) is 31.3 Å². The zero-order chi connectivity index (χ0) is 27.8. The van der Waals surface area contributed by atoms with Crippen molar-refractivity contribution in [2.75, 3.05) is 26.2 Å². The Labute approximate surface area is 201 Å². The highest BCUT2D eigenvalue weighted by molar-refractivity contribution is 5.74. The third kappa shape index (κ3) is 28.3. The van der Waals surface area contributed by atoms with Crippen molar-refractivity contribution in [1.82, 2.24) is 5.32 Å². The van der Waals surface area contributed by atoms with Gasteiger partial charge in [0, 0.05) is 0 Å². The highest BCUT2D eigenvalue weighted by Crippen LogP contribution is 2.03. The van der Waals surface area contributed by atoms with E-state index in [4.69, 9.17) is 31.3 Å². The summed E-state index contributed by atoms with van der Waals surface area (Å²) in [5, 5.41) is 42.5. The summed E-state index contributed by atoms with van der Waals surface area (Å²) in [5.74, 6) is -4.58. The number of benzene rings is 1. The van der Waals surface area contributed by atoms with E-state index in [0.29, 0.717) is 6.42 Å². The van der Waals surface area contributed by atoms with Crippen molar-refractivity contribution in [3.05, 3.63) is 35.9 Å². The number of rotatable bonds is 7. The molecule has 0 saturated carbocycles. The predicted molar refractivity (Wildman–Crippen MR) is 124 cm³/mol. The molecule has 15 nitrogen and oxygen atoms in total. The highest BCUT2D eigenvalue weighted by atomic mass is 16.4. The summed E-state index contributed by atoms with van der Waals surface area (Å²) < 4.78 is 0. The Morgan fingerprint density at radius 1 is 0.829 bits per heavy atom. The number of carboxylic acid groups (broad SMARTS) is 5. The summed E-state index contributed by atoms with van der Waals surface area (Å²) >= 11 is 0. The molecule has 1 saturated heterocycles. The van der Waals surface area contributed by atoms with E-state index in [9.17, 15) is 24.0 Å². The van der Waals surface area contributed by atoms with Crippen LogP contribution in [0.5, 0.6) is 0 Å². The van der Waals surface area contributed by atoms with E-state index in [1.807, 2.05) is 30.3 Å². The van der Waals surface area contributed by atoms with Gasteiger partial charge in [0.2, 0.25) is 0 Å². The fourth-order valence-corrected chi connectivity index (χ4v) is 1.85. The highest BCUT2D eigenvalue weighted by Gasteiger charge is 2.20. The van der Waals surface area contributed by atoms with Gasteiger partial charge in [0.25, 0.3) is 0 Å². The van der Waals surface area contributed by atoms with Crippen molar-refractivity contribution < 1.29 is 49.5 Å². The van der Waals surface area contributed by atoms with E-state index in [0.717, 1.165) is 24.9 Å². The van der Waals surface area contributed by atoms with Crippen molar-refractivity contribution in [3.63, 3.8) is 0 Å². The van der Waals surface area contributed by atoms with Gasteiger partial charge >= 0.3 is 29.8 Å². The van der Waals surface area contributed by atoms with Crippen molar-refractivity contribution in [1.29, 1.82) is 0 Å². The monoisotopic (exact) mass is 505 g/mol. The van der Waals surface area contributed by atoms with Crippen LogP contribution in [0.15, 0.2) is 30.3 Å². The predicted octanol–water partition coefficient (Wildman–Crippen LogP) is -2.45. The SMILES string of the molecule is NC(Cc1ccccc1)C(=O)O.NCC(=O)O.NCC(=O)O.NCC(=O)O.O=C(O)[C@@H]1CCCN1. The third-order valence-corrected chi connectivity index (χ3v) is 3.50. The number of nitrogens with two attached hydrogens (primary N) is 4. The maximum atomic E-state index is 10.4. The van der Waals surface area contributed by atoms with Gasteiger partial charge in [-0.15, -0.1) is 0 Å². The lowest BCUT2D eigenvalue weighted by atomic mass is 10.1. The molecule has 1 unspecified atom stereocenters. The number of nitrogens with one attached hydrogen (secondary N) is 1. The lowest BCUT2D eigenvalue weighted by Crippen LogP contribution is -2.32. The van der Waals surface area contributed by atoms with Crippen molar-refractivity contribution in [2.24, 2.45) is 22.9 Å². The first kappa shape index (κ1) is 35.9. The summed E-state index contributed by atoms with van der Waals surface area (Å²) in [6.07, 6.45) is 2.17. The minimum atomic E-state index is -0.968. The first-order valence-electron chi connectivity index (χ1n) is 10.1. The summed E-state index contributed by atoms with van der Waals surface area (Å²) in [6.45, 7) is 0.0248.